The van der Waals surface area contributed by atoms with Crippen molar-refractivity contribution in [3.8, 4) is 21.8 Å². The second-order valence-electron chi connectivity index (χ2n) is 14.9. The summed E-state index contributed by atoms with van der Waals surface area (Å²) in [6.07, 6.45) is 0.126. The van der Waals surface area contributed by atoms with Gasteiger partial charge in [-0.1, -0.05) is 23.7 Å². The molecule has 0 bridgehead atoms. The molecule has 0 aliphatic carbocycles. The summed E-state index contributed by atoms with van der Waals surface area (Å²) in [6.45, 7) is 10.4. The smallest absolute Gasteiger partial charge is 0.409 e. The van der Waals surface area contributed by atoms with Gasteiger partial charge in [-0.2, -0.15) is 5.10 Å². The van der Waals surface area contributed by atoms with E-state index in [0.29, 0.717) is 57.0 Å². The fourth-order valence-electron chi connectivity index (χ4n) is 7.36. The van der Waals surface area contributed by atoms with Crippen LogP contribution in [0, 0.1) is 6.92 Å². The molecule has 2 saturated heterocycles. The number of aryl methyl sites for hydroxylation is 1. The van der Waals surface area contributed by atoms with E-state index in [-0.39, 0.29) is 12.0 Å². The summed E-state index contributed by atoms with van der Waals surface area (Å²) in [7, 11) is 20.0. The molecule has 2 aromatic carbocycles. The zero-order valence-electron chi connectivity index (χ0n) is 30.3. The van der Waals surface area contributed by atoms with E-state index >= 15 is 0 Å². The molecule has 1 N–H and O–H groups in total. The first-order valence-corrected chi connectivity index (χ1v) is 18.7. The van der Waals surface area contributed by atoms with Crippen LogP contribution < -0.4 is 0 Å². The van der Waals surface area contributed by atoms with E-state index in [1.54, 1.807) is 17.0 Å². The number of halogens is 1. The number of rotatable bonds is 8. The van der Waals surface area contributed by atoms with E-state index in [1.165, 1.54) is 23.1 Å². The lowest BCUT2D eigenvalue weighted by Gasteiger charge is -2.46. The van der Waals surface area contributed by atoms with Crippen molar-refractivity contribution in [3.05, 3.63) is 64.3 Å². The van der Waals surface area contributed by atoms with Crippen LogP contribution in [0.4, 0.5) is 4.79 Å². The van der Waals surface area contributed by atoms with E-state index in [0.717, 1.165) is 53.0 Å². The lowest BCUT2D eigenvalue weighted by molar-refractivity contribution is -0.160. The molecule has 0 spiro atoms. The summed E-state index contributed by atoms with van der Waals surface area (Å²) >= 11 is 7.71. The quantitative estimate of drug-likeness (QED) is 0.191. The van der Waals surface area contributed by atoms with Gasteiger partial charge in [-0.25, -0.2) is 19.6 Å². The van der Waals surface area contributed by atoms with E-state index in [2.05, 4.69) is 4.90 Å². The van der Waals surface area contributed by atoms with Gasteiger partial charge < -0.3 is 19.5 Å². The summed E-state index contributed by atoms with van der Waals surface area (Å²) in [5.74, 6) is -1.01. The maximum atomic E-state index is 12.8. The highest BCUT2D eigenvalue weighted by molar-refractivity contribution is 7.22. The fourth-order valence-corrected chi connectivity index (χ4v) is 8.58. The van der Waals surface area contributed by atoms with Gasteiger partial charge in [0.15, 0.2) is 6.10 Å². The molecule has 1 atom stereocenters. The highest BCUT2D eigenvalue weighted by Crippen LogP contribution is 2.45. The summed E-state index contributed by atoms with van der Waals surface area (Å²) in [5, 5.41) is 14.8. The summed E-state index contributed by atoms with van der Waals surface area (Å²) in [4.78, 5) is 38.9. The first kappa shape index (κ1) is 37.4. The molecule has 5 aromatic rings. The molecule has 0 unspecified atom stereocenters. The topological polar surface area (TPSA) is 123 Å². The molecule has 0 saturated carbocycles. The second kappa shape index (κ2) is 14.1. The third-order valence-corrected chi connectivity index (χ3v) is 11.2. The number of methoxy groups -OCH3 is 1. The number of fused-ring (bicyclic) bond motifs is 2. The molecule has 3 aromatic heterocycles. The fraction of sp³-hybridized carbons (Fsp3) is 0.432. The van der Waals surface area contributed by atoms with Crippen LogP contribution in [0.5, 0.6) is 0 Å². The highest BCUT2D eigenvalue weighted by Gasteiger charge is 2.38. The third-order valence-electron chi connectivity index (χ3n) is 9.88. The van der Waals surface area contributed by atoms with Crippen molar-refractivity contribution in [1.29, 1.82) is 0 Å². The number of carboxylic acids is 1. The van der Waals surface area contributed by atoms with Gasteiger partial charge in [-0.3, -0.25) is 9.58 Å². The second-order valence-corrected chi connectivity index (χ2v) is 16.3. The van der Waals surface area contributed by atoms with E-state index < -0.39 is 22.9 Å². The number of carboxylic acid groups (broad SMARTS) is 1. The van der Waals surface area contributed by atoms with Crippen molar-refractivity contribution < 1.29 is 24.2 Å². The monoisotopic (exact) mass is 746 g/mol. The minimum Gasteiger partial charge on any atom is -0.479 e. The molecule has 2 aliphatic rings. The molecule has 53 heavy (non-hydrogen) atoms. The summed E-state index contributed by atoms with van der Waals surface area (Å²) in [5.41, 5.74) is 5.42. The normalized spacial score (nSPS) is 17.0. The van der Waals surface area contributed by atoms with Crippen LogP contribution in [0.1, 0.15) is 62.5 Å². The molecule has 11 nitrogen and oxygen atoms in total. The number of piperidine rings is 1. The number of thiazole rings is 1. The maximum absolute atomic E-state index is 12.8. The van der Waals surface area contributed by atoms with Gasteiger partial charge in [0.2, 0.25) is 0 Å². The Labute approximate surface area is 321 Å². The van der Waals surface area contributed by atoms with Crippen molar-refractivity contribution in [1.82, 2.24) is 29.5 Å². The predicted octanol–water partition coefficient (Wildman–Crippen LogP) is 5.98. The Balaban J connectivity index is 1.29. The van der Waals surface area contributed by atoms with Crippen molar-refractivity contribution in [2.75, 3.05) is 33.3 Å². The summed E-state index contributed by atoms with van der Waals surface area (Å²) in [6, 6.07) is 13.2. The number of hydrogen-bond acceptors (Lipinski definition) is 9. The van der Waals surface area contributed by atoms with Gasteiger partial charge in [0.1, 0.15) is 10.5 Å². The first-order valence-electron chi connectivity index (χ1n) is 17.5. The Hall–Kier alpha value is -3.91. The van der Waals surface area contributed by atoms with Gasteiger partial charge >= 0.3 is 12.1 Å². The Morgan fingerprint density at radius 1 is 1.04 bits per heavy atom. The molecule has 7 rings (SSSR count). The van der Waals surface area contributed by atoms with Crippen molar-refractivity contribution in [3.63, 3.8) is 0 Å². The van der Waals surface area contributed by atoms with Crippen LogP contribution in [0.2, 0.25) is 5.02 Å². The molecule has 6 radical (unpaired) electrons. The van der Waals surface area contributed by atoms with Crippen LogP contribution in [0.25, 0.3) is 43.1 Å². The number of likely N-dealkylation sites (tertiary alicyclic amines) is 2. The number of ether oxygens (including phenoxy) is 2. The Bertz CT molecular complexity index is 2200. The lowest BCUT2D eigenvalue weighted by Crippen LogP contribution is -2.62. The molecule has 2 aliphatic heterocycles. The largest absolute Gasteiger partial charge is 0.479 e. The lowest BCUT2D eigenvalue weighted by atomic mass is 9.49. The van der Waals surface area contributed by atoms with Gasteiger partial charge in [-0.15, -0.1) is 11.3 Å². The Morgan fingerprint density at radius 3 is 2.32 bits per heavy atom. The number of aromatic nitrogens is 4. The zero-order valence-corrected chi connectivity index (χ0v) is 31.9. The number of nitrogens with zero attached hydrogens (tertiary/aromatic N) is 6. The van der Waals surface area contributed by atoms with Gasteiger partial charge in [0, 0.05) is 41.2 Å². The predicted molar refractivity (Wildman–Crippen MR) is 209 cm³/mol. The number of amides is 1. The number of carbonyl (C=O) groups is 2. The molecule has 268 valence electrons. The van der Waals surface area contributed by atoms with Crippen LogP contribution in [0.3, 0.4) is 0 Å². The minimum atomic E-state index is -1.75. The van der Waals surface area contributed by atoms with Crippen molar-refractivity contribution in [2.24, 2.45) is 0 Å². The van der Waals surface area contributed by atoms with Gasteiger partial charge in [0.25, 0.3) is 0 Å². The van der Waals surface area contributed by atoms with Crippen LogP contribution in [-0.4, -0.2) is 115 Å². The number of aliphatic carboxylic acids is 1. The molecule has 1 amide bonds. The van der Waals surface area contributed by atoms with Crippen molar-refractivity contribution >= 4 is 79.8 Å². The van der Waals surface area contributed by atoms with Crippen molar-refractivity contribution in [2.45, 2.75) is 69.4 Å². The average molecular weight is 747 g/mol. The average Bonchev–Trinajstić information content (AvgIpc) is 3.68. The third kappa shape index (κ3) is 7.33. The highest BCUT2D eigenvalue weighted by atomic mass is 35.5. The van der Waals surface area contributed by atoms with Crippen LogP contribution in [-0.2, 0) is 19.5 Å². The molecule has 2 fully saturated rings. The first-order chi connectivity index (χ1) is 25.0. The SMILES string of the molecule is [B]C([B])([B])n1nc(C2CCN(C3CN(C(=O)OC)C3)CC2)c2nc(-c3nc4cc(C)c([C@H](OC(C)(C)C)C(=O)O)c(-c5ccc(Cl)cc5)c4s3)ccc21. The van der Waals surface area contributed by atoms with Gasteiger partial charge in [0.05, 0.1) is 63.4 Å². The number of benzene rings is 2. The number of pyridine rings is 1. The molecule has 5 heterocycles. The minimum absolute atomic E-state index is 0.0738. The standard InChI is InChI=1S/C37H38B3ClN6O5S/c1-19-16-25-32(28(20-6-8-22(41)9-7-20)27(19)31(34(48)49)52-36(2,3)4)53-33(43-25)24-10-11-26-30(42-24)29(44-47(26)37(38,39)40)21-12-14-45(15-13-21)23-17-46(18-23)35(50)51-5/h6-11,16,21,23,31H,12-15,17-18H2,1-5H3,(H,48,49)/t31-/m0/s1. The maximum Gasteiger partial charge on any atom is 0.409 e. The van der Waals surface area contributed by atoms with E-state index in [1.807, 2.05) is 58.0 Å². The van der Waals surface area contributed by atoms with E-state index in [9.17, 15) is 14.7 Å². The molecule has 16 heteroatoms. The molecular formula is C37H38B3ClN6O5S. The molecular weight excluding hydrogens is 708 g/mol. The van der Waals surface area contributed by atoms with E-state index in [4.69, 9.17) is 59.7 Å². The number of hydrogen-bond donors (Lipinski definition) is 1. The van der Waals surface area contributed by atoms with Crippen LogP contribution >= 0.6 is 22.9 Å². The van der Waals surface area contributed by atoms with Crippen LogP contribution in [0.15, 0.2) is 42.5 Å². The zero-order chi connectivity index (χ0) is 38.0. The summed E-state index contributed by atoms with van der Waals surface area (Å²) < 4.78 is 13.2. The number of carbonyl (C=O) groups excluding carboxylic acids is 1. The Morgan fingerprint density at radius 2 is 1.72 bits per heavy atom. The van der Waals surface area contributed by atoms with Gasteiger partial charge in [-0.05, 0) is 100 Å². The Kier molecular flexibility index (Phi) is 9.93.